The maximum Gasteiger partial charge on any atom is 0.410 e. The molecule has 37 heavy (non-hydrogen) atoms. The Kier molecular flexibility index (Phi) is 6.86. The van der Waals surface area contributed by atoms with Crippen molar-refractivity contribution in [2.24, 2.45) is 0 Å². The van der Waals surface area contributed by atoms with Crippen molar-refractivity contribution in [3.63, 3.8) is 0 Å². The van der Waals surface area contributed by atoms with Crippen LogP contribution in [0.3, 0.4) is 0 Å². The third-order valence-electron chi connectivity index (χ3n) is 5.98. The quantitative estimate of drug-likeness (QED) is 0.258. The molecule has 0 saturated heterocycles. The largest absolute Gasteiger partial charge is 0.462 e. The van der Waals surface area contributed by atoms with Gasteiger partial charge in [-0.3, -0.25) is 0 Å². The molecule has 0 unspecified atom stereocenters. The summed E-state index contributed by atoms with van der Waals surface area (Å²) < 4.78 is 97.8. The van der Waals surface area contributed by atoms with Crippen LogP contribution in [0.5, 0.6) is 17.2 Å². The minimum absolute atomic E-state index is 0.0727. The van der Waals surface area contributed by atoms with E-state index in [0.29, 0.717) is 22.9 Å². The molecule has 0 amide bonds. The molecule has 0 atom stereocenters. The number of benzene rings is 3. The fraction of sp³-hybridized carbons (Fsp3) is 0.185. The van der Waals surface area contributed by atoms with E-state index in [1.54, 1.807) is 36.4 Å². The average molecular weight is 520 g/mol. The molecule has 0 heterocycles. The van der Waals surface area contributed by atoms with Crippen molar-refractivity contribution in [1.29, 1.82) is 0 Å². The summed E-state index contributed by atoms with van der Waals surface area (Å²) in [6.07, 6.45) is -10.0. The molecule has 0 saturated carbocycles. The molecule has 1 aliphatic rings. The third kappa shape index (κ3) is 5.23. The topological polar surface area (TPSA) is 70.5 Å². The monoisotopic (exact) mass is 520 g/mol. The van der Waals surface area contributed by atoms with Crippen molar-refractivity contribution in [1.82, 2.24) is 0 Å². The van der Waals surface area contributed by atoms with Gasteiger partial charge in [-0.15, -0.1) is 0 Å². The van der Waals surface area contributed by atoms with Crippen LogP contribution >= 0.6 is 0 Å². The second kappa shape index (κ2) is 9.76. The van der Waals surface area contributed by atoms with Crippen molar-refractivity contribution in [3.05, 3.63) is 102 Å². The standard InChI is InChI=1S/C27H22F6N2O2/c28-26(29,30)25(27(31,32)33,17-1-9-21(10-2-17)36-23-13-5-19(34)6-14-23)18-3-11-22(12-4-18)37-24-15-7-20(35)8-16-24/h1-3,5-11,13-16H,4,12,34-35H2. The molecule has 1 aliphatic carbocycles. The molecule has 3 aromatic carbocycles. The van der Waals surface area contributed by atoms with Gasteiger partial charge < -0.3 is 20.9 Å². The highest BCUT2D eigenvalue weighted by Gasteiger charge is 2.73. The minimum atomic E-state index is -5.67. The van der Waals surface area contributed by atoms with Crippen LogP contribution in [0.25, 0.3) is 0 Å². The minimum Gasteiger partial charge on any atom is -0.462 e. The molecule has 0 aromatic heterocycles. The van der Waals surface area contributed by atoms with E-state index in [2.05, 4.69) is 0 Å². The van der Waals surface area contributed by atoms with Crippen molar-refractivity contribution >= 4 is 11.4 Å². The van der Waals surface area contributed by atoms with Crippen molar-refractivity contribution in [2.75, 3.05) is 11.5 Å². The molecule has 194 valence electrons. The molecule has 0 radical (unpaired) electrons. The maximum absolute atomic E-state index is 14.4. The van der Waals surface area contributed by atoms with Crippen molar-refractivity contribution in [3.8, 4) is 17.2 Å². The fourth-order valence-corrected chi connectivity index (χ4v) is 4.19. The Morgan fingerprint density at radius 1 is 0.541 bits per heavy atom. The van der Waals surface area contributed by atoms with Crippen molar-refractivity contribution < 1.29 is 35.8 Å². The van der Waals surface area contributed by atoms with E-state index in [0.717, 1.165) is 36.4 Å². The Hall–Kier alpha value is -4.08. The molecular weight excluding hydrogens is 498 g/mol. The summed E-state index contributed by atoms with van der Waals surface area (Å²) >= 11 is 0. The molecule has 10 heteroatoms. The zero-order valence-electron chi connectivity index (χ0n) is 19.2. The number of nitrogens with two attached hydrogens (primary N) is 2. The summed E-state index contributed by atoms with van der Waals surface area (Å²) in [6.45, 7) is 0. The van der Waals surface area contributed by atoms with E-state index in [1.807, 2.05) is 0 Å². The first-order valence-electron chi connectivity index (χ1n) is 11.1. The van der Waals surface area contributed by atoms with Crippen LogP contribution in [0, 0.1) is 0 Å². The molecule has 0 bridgehead atoms. The highest BCUT2D eigenvalue weighted by Crippen LogP contribution is 2.58. The Morgan fingerprint density at radius 3 is 1.38 bits per heavy atom. The summed E-state index contributed by atoms with van der Waals surface area (Å²) in [7, 11) is 0. The highest BCUT2D eigenvalue weighted by molar-refractivity contribution is 5.48. The van der Waals surface area contributed by atoms with Gasteiger partial charge in [0.1, 0.15) is 23.0 Å². The van der Waals surface area contributed by atoms with Gasteiger partial charge in [-0.05, 0) is 84.3 Å². The first-order valence-corrected chi connectivity index (χ1v) is 11.1. The number of nitrogen functional groups attached to an aromatic ring is 2. The van der Waals surface area contributed by atoms with E-state index < -0.39 is 35.3 Å². The highest BCUT2D eigenvalue weighted by atomic mass is 19.4. The lowest BCUT2D eigenvalue weighted by Crippen LogP contribution is -2.55. The van der Waals surface area contributed by atoms with Gasteiger partial charge >= 0.3 is 12.4 Å². The SMILES string of the molecule is Nc1ccc(OC2=CC=C(C(c3ccc(Oc4ccc(N)cc4)cc3)(C(F)(F)F)C(F)(F)F)CC2)cc1. The summed E-state index contributed by atoms with van der Waals surface area (Å²) in [5.41, 5.74) is 6.17. The zero-order chi connectivity index (χ0) is 26.8. The Labute approximate surface area is 208 Å². The summed E-state index contributed by atoms with van der Waals surface area (Å²) in [4.78, 5) is 0. The number of hydrogen-bond donors (Lipinski definition) is 2. The lowest BCUT2D eigenvalue weighted by molar-refractivity contribution is -0.290. The van der Waals surface area contributed by atoms with E-state index >= 15 is 0 Å². The van der Waals surface area contributed by atoms with Gasteiger partial charge in [0, 0.05) is 17.8 Å². The number of alkyl halides is 6. The number of hydrogen-bond acceptors (Lipinski definition) is 4. The fourth-order valence-electron chi connectivity index (χ4n) is 4.19. The lowest BCUT2D eigenvalue weighted by Gasteiger charge is -2.40. The summed E-state index contributed by atoms with van der Waals surface area (Å²) in [5.74, 6) is 1.00. The van der Waals surface area contributed by atoms with Gasteiger partial charge in [0.15, 0.2) is 0 Å². The van der Waals surface area contributed by atoms with E-state index in [9.17, 15) is 26.3 Å². The van der Waals surface area contributed by atoms with Gasteiger partial charge in [-0.1, -0.05) is 18.2 Å². The van der Waals surface area contributed by atoms with Gasteiger partial charge in [0.2, 0.25) is 5.41 Å². The van der Waals surface area contributed by atoms with Crippen LogP contribution in [0.1, 0.15) is 18.4 Å². The predicted octanol–water partition coefficient (Wildman–Crippen LogP) is 7.69. The second-order valence-electron chi connectivity index (χ2n) is 8.44. The van der Waals surface area contributed by atoms with Crippen LogP contribution in [-0.2, 0) is 5.41 Å². The van der Waals surface area contributed by atoms with E-state index in [1.165, 1.54) is 12.1 Å². The maximum atomic E-state index is 14.4. The van der Waals surface area contributed by atoms with Crippen LogP contribution < -0.4 is 20.9 Å². The first-order chi connectivity index (χ1) is 17.4. The van der Waals surface area contributed by atoms with Crippen molar-refractivity contribution in [2.45, 2.75) is 30.6 Å². The Bertz CT molecular complexity index is 1280. The summed E-state index contributed by atoms with van der Waals surface area (Å²) in [6, 6.07) is 16.1. The van der Waals surface area contributed by atoms with Gasteiger partial charge in [0.25, 0.3) is 0 Å². The van der Waals surface area contributed by atoms with Gasteiger partial charge in [0.05, 0.1) is 0 Å². The number of ether oxygens (including phenoxy) is 2. The smallest absolute Gasteiger partial charge is 0.410 e. The molecule has 3 aromatic rings. The molecular formula is C27H22F6N2O2. The molecule has 4 rings (SSSR count). The average Bonchev–Trinajstić information content (AvgIpc) is 2.83. The Morgan fingerprint density at radius 2 is 0.973 bits per heavy atom. The lowest BCUT2D eigenvalue weighted by atomic mass is 9.70. The third-order valence-corrected chi connectivity index (χ3v) is 5.98. The van der Waals surface area contributed by atoms with E-state index in [-0.39, 0.29) is 17.9 Å². The molecule has 4 N–H and O–H groups in total. The van der Waals surface area contributed by atoms with E-state index in [4.69, 9.17) is 20.9 Å². The first kappa shape index (κ1) is 26.0. The number of halogens is 6. The van der Waals surface area contributed by atoms with Crippen LogP contribution in [0.2, 0.25) is 0 Å². The molecule has 0 aliphatic heterocycles. The molecule has 0 fully saturated rings. The summed E-state index contributed by atoms with van der Waals surface area (Å²) in [5, 5.41) is 0. The predicted molar refractivity (Wildman–Crippen MR) is 128 cm³/mol. The van der Waals surface area contributed by atoms with Crippen LogP contribution in [0.4, 0.5) is 37.7 Å². The molecule has 0 spiro atoms. The number of rotatable bonds is 6. The van der Waals surface area contributed by atoms with Gasteiger partial charge in [-0.2, -0.15) is 26.3 Å². The number of allylic oxidation sites excluding steroid dienone is 4. The second-order valence-corrected chi connectivity index (χ2v) is 8.44. The number of anilines is 2. The normalized spacial score (nSPS) is 14.5. The van der Waals surface area contributed by atoms with Crippen LogP contribution in [-0.4, -0.2) is 12.4 Å². The zero-order valence-corrected chi connectivity index (χ0v) is 19.2. The van der Waals surface area contributed by atoms with Crippen LogP contribution in [0.15, 0.2) is 96.3 Å². The Balaban J connectivity index is 1.69. The van der Waals surface area contributed by atoms with Gasteiger partial charge in [-0.25, -0.2) is 0 Å². The molecule has 4 nitrogen and oxygen atoms in total.